The maximum atomic E-state index is 8.25. The first-order valence-corrected chi connectivity index (χ1v) is 7.17. The summed E-state index contributed by atoms with van der Waals surface area (Å²) in [5, 5.41) is 8.25. The van der Waals surface area contributed by atoms with E-state index in [1.54, 1.807) is 6.20 Å². The third kappa shape index (κ3) is 6.51. The zero-order valence-corrected chi connectivity index (χ0v) is 13.5. The van der Waals surface area contributed by atoms with Crippen LogP contribution >= 0.6 is 0 Å². The number of hydrogen-bond acceptors (Lipinski definition) is 4. The number of benzene rings is 1. The molecule has 1 atom stereocenters. The quantitative estimate of drug-likeness (QED) is 0.263. The molecule has 1 aromatic carbocycles. The van der Waals surface area contributed by atoms with E-state index in [4.69, 9.17) is 11.7 Å². The van der Waals surface area contributed by atoms with Crippen molar-refractivity contribution in [2.45, 2.75) is 19.4 Å². The Bertz CT molecular complexity index is 539. The van der Waals surface area contributed by atoms with E-state index in [1.807, 2.05) is 19.0 Å². The largest absolute Gasteiger partial charge is 0.373 e. The zero-order valence-electron chi connectivity index (χ0n) is 13.5. The van der Waals surface area contributed by atoms with Gasteiger partial charge < -0.3 is 9.79 Å². The third-order valence-corrected chi connectivity index (χ3v) is 3.47. The molecule has 22 heavy (non-hydrogen) atoms. The number of likely N-dealkylation sites (N-methyl/N-ethyl adjacent to an activating group) is 2. The maximum Gasteiger partial charge on any atom is 0.172 e. The molecular formula is C18H24N2O2. The first-order chi connectivity index (χ1) is 10.6. The molecule has 0 fully saturated rings. The van der Waals surface area contributed by atoms with Gasteiger partial charge in [0.1, 0.15) is 0 Å². The smallest absolute Gasteiger partial charge is 0.172 e. The molecule has 0 aliphatic carbocycles. The molecule has 0 aromatic heterocycles. The van der Waals surface area contributed by atoms with Gasteiger partial charge in [0.25, 0.3) is 0 Å². The minimum absolute atomic E-state index is 0.275. The summed E-state index contributed by atoms with van der Waals surface area (Å²) in [6.07, 6.45) is 9.17. The molecule has 1 rings (SSSR count). The Morgan fingerprint density at radius 2 is 2.00 bits per heavy atom. The van der Waals surface area contributed by atoms with Crippen molar-refractivity contribution in [2.24, 2.45) is 0 Å². The Morgan fingerprint density at radius 1 is 1.32 bits per heavy atom. The first-order valence-electron chi connectivity index (χ1n) is 7.17. The fourth-order valence-electron chi connectivity index (χ4n) is 2.20. The lowest BCUT2D eigenvalue weighted by Gasteiger charge is -2.30. The molecule has 0 radical (unpaired) electrons. The van der Waals surface area contributed by atoms with Crippen LogP contribution in [0.5, 0.6) is 0 Å². The van der Waals surface area contributed by atoms with E-state index in [9.17, 15) is 0 Å². The molecule has 1 aromatic rings. The molecule has 1 N–H and O–H groups in total. The van der Waals surface area contributed by atoms with Crippen LogP contribution < -0.4 is 0 Å². The van der Waals surface area contributed by atoms with E-state index in [0.717, 1.165) is 19.2 Å². The van der Waals surface area contributed by atoms with Gasteiger partial charge in [0.15, 0.2) is 6.26 Å². The van der Waals surface area contributed by atoms with Crippen LogP contribution in [0.4, 0.5) is 0 Å². The number of rotatable bonds is 8. The van der Waals surface area contributed by atoms with Crippen LogP contribution in [-0.2, 0) is 11.3 Å². The Morgan fingerprint density at radius 3 is 2.59 bits per heavy atom. The topological polar surface area (TPSA) is 35.9 Å². The van der Waals surface area contributed by atoms with Crippen LogP contribution in [0.3, 0.4) is 0 Å². The minimum Gasteiger partial charge on any atom is -0.373 e. The summed E-state index contributed by atoms with van der Waals surface area (Å²) >= 11 is 0. The van der Waals surface area contributed by atoms with E-state index in [0.29, 0.717) is 6.54 Å². The van der Waals surface area contributed by atoms with Gasteiger partial charge in [-0.3, -0.25) is 4.90 Å². The highest BCUT2D eigenvalue weighted by Crippen LogP contribution is 2.10. The average molecular weight is 300 g/mol. The summed E-state index contributed by atoms with van der Waals surface area (Å²) in [5.41, 5.74) is 5.27. The minimum atomic E-state index is 0.275. The van der Waals surface area contributed by atoms with Gasteiger partial charge in [-0.2, -0.15) is 0 Å². The van der Waals surface area contributed by atoms with E-state index in [1.165, 1.54) is 11.1 Å². The monoisotopic (exact) mass is 300 g/mol. The Kier molecular flexibility index (Phi) is 7.88. The second-order valence-corrected chi connectivity index (χ2v) is 5.42. The summed E-state index contributed by atoms with van der Waals surface area (Å²) in [4.78, 5) is 8.01. The van der Waals surface area contributed by atoms with Crippen molar-refractivity contribution in [3.05, 3.63) is 53.6 Å². The first kappa shape index (κ1) is 17.9. The van der Waals surface area contributed by atoms with Gasteiger partial charge in [0.2, 0.25) is 0 Å². The molecule has 0 heterocycles. The van der Waals surface area contributed by atoms with Crippen molar-refractivity contribution >= 4 is 0 Å². The second kappa shape index (κ2) is 9.70. The van der Waals surface area contributed by atoms with Gasteiger partial charge in [-0.15, -0.1) is 6.42 Å². The lowest BCUT2D eigenvalue weighted by Crippen LogP contribution is -2.41. The van der Waals surface area contributed by atoms with E-state index in [2.05, 4.69) is 52.6 Å². The second-order valence-electron chi connectivity index (χ2n) is 5.42. The van der Waals surface area contributed by atoms with Gasteiger partial charge >= 0.3 is 0 Å². The Labute approximate surface area is 133 Å². The number of nitrogens with zero attached hydrogens (tertiary/aromatic N) is 2. The molecule has 0 saturated heterocycles. The molecule has 0 spiro atoms. The van der Waals surface area contributed by atoms with Gasteiger partial charge in [-0.05, 0) is 26.0 Å². The summed E-state index contributed by atoms with van der Waals surface area (Å²) in [7, 11) is 3.98. The zero-order chi connectivity index (χ0) is 16.4. The number of terminal acetylenes is 1. The molecule has 0 saturated carbocycles. The van der Waals surface area contributed by atoms with Crippen molar-refractivity contribution < 1.29 is 10.1 Å². The summed E-state index contributed by atoms with van der Waals surface area (Å²) in [6.45, 7) is 3.47. The molecule has 0 aliphatic rings. The van der Waals surface area contributed by atoms with Crippen LogP contribution in [0.2, 0.25) is 0 Å². The molecule has 4 nitrogen and oxygen atoms in total. The van der Waals surface area contributed by atoms with Crippen molar-refractivity contribution in [1.82, 2.24) is 9.80 Å². The molecule has 1 unspecified atom stereocenters. The van der Waals surface area contributed by atoms with Crippen LogP contribution in [-0.4, -0.2) is 48.3 Å². The number of aryl methyl sites for hydroxylation is 1. The normalized spacial score (nSPS) is 11.3. The van der Waals surface area contributed by atoms with Crippen LogP contribution in [0, 0.1) is 19.3 Å². The molecule has 4 heteroatoms. The highest BCUT2D eigenvalue weighted by molar-refractivity contribution is 5.22. The van der Waals surface area contributed by atoms with Crippen molar-refractivity contribution in [2.75, 3.05) is 27.2 Å². The van der Waals surface area contributed by atoms with E-state index < -0.39 is 0 Å². The fraction of sp³-hybridized carbons (Fsp3) is 0.389. The standard InChI is InChI=1S/C18H24N2O2/c1-5-11-20(4)18(15-19(3)12-6-13-22-21)14-17-9-7-16(2)8-10-17/h1,7-10,12-13,18,21H,11,14-15H2,2-4H3. The van der Waals surface area contributed by atoms with E-state index >= 15 is 0 Å². The van der Waals surface area contributed by atoms with Gasteiger partial charge in [-0.1, -0.05) is 41.5 Å². The van der Waals surface area contributed by atoms with Crippen LogP contribution in [0.1, 0.15) is 11.1 Å². The molecule has 0 bridgehead atoms. The van der Waals surface area contributed by atoms with Gasteiger partial charge in [-0.25, -0.2) is 5.26 Å². The summed E-state index contributed by atoms with van der Waals surface area (Å²) in [6, 6.07) is 8.83. The Hall–Kier alpha value is -2.18. The SMILES string of the molecule is C#CCN(C)C(Cc1ccc(C)cc1)CN(C)C=C=COO. The predicted molar refractivity (Wildman–Crippen MR) is 89.1 cm³/mol. The van der Waals surface area contributed by atoms with Crippen molar-refractivity contribution in [3.63, 3.8) is 0 Å². The summed E-state index contributed by atoms with van der Waals surface area (Å²) in [5.74, 6) is 2.69. The summed E-state index contributed by atoms with van der Waals surface area (Å²) < 4.78 is 0. The average Bonchev–Trinajstić information content (AvgIpc) is 2.49. The van der Waals surface area contributed by atoms with Crippen molar-refractivity contribution in [3.8, 4) is 12.3 Å². The lowest BCUT2D eigenvalue weighted by molar-refractivity contribution is -0.186. The predicted octanol–water partition coefficient (Wildman–Crippen LogP) is 2.52. The fourth-order valence-corrected chi connectivity index (χ4v) is 2.20. The molecule has 0 amide bonds. The Balaban J connectivity index is 2.77. The van der Waals surface area contributed by atoms with Gasteiger partial charge in [0, 0.05) is 25.8 Å². The lowest BCUT2D eigenvalue weighted by atomic mass is 10.0. The van der Waals surface area contributed by atoms with E-state index in [-0.39, 0.29) is 6.04 Å². The van der Waals surface area contributed by atoms with Crippen LogP contribution in [0.25, 0.3) is 0 Å². The van der Waals surface area contributed by atoms with Crippen LogP contribution in [0.15, 0.2) is 42.5 Å². The van der Waals surface area contributed by atoms with Gasteiger partial charge in [0.05, 0.1) is 6.54 Å². The highest BCUT2D eigenvalue weighted by Gasteiger charge is 2.16. The molecule has 0 aliphatic heterocycles. The number of hydrogen-bond donors (Lipinski definition) is 1. The highest BCUT2D eigenvalue weighted by atomic mass is 17.1. The maximum absolute atomic E-state index is 8.25. The third-order valence-electron chi connectivity index (χ3n) is 3.47. The molecular weight excluding hydrogens is 276 g/mol. The molecule has 118 valence electrons. The van der Waals surface area contributed by atoms with Crippen molar-refractivity contribution in [1.29, 1.82) is 0 Å².